The minimum Gasteiger partial charge on any atom is -0.474 e. The van der Waals surface area contributed by atoms with Crippen LogP contribution in [0, 0.1) is 0 Å². The number of morpholine rings is 1. The lowest BCUT2D eigenvalue weighted by Gasteiger charge is -2.28. The van der Waals surface area contributed by atoms with Crippen molar-refractivity contribution in [1.82, 2.24) is 15.0 Å². The molecule has 0 aromatic carbocycles. The fraction of sp³-hybridized carbons (Fsp3) is 0.526. The van der Waals surface area contributed by atoms with Crippen molar-refractivity contribution in [3.05, 3.63) is 30.1 Å². The van der Waals surface area contributed by atoms with Crippen LogP contribution in [0.5, 0.6) is 5.88 Å². The van der Waals surface area contributed by atoms with Crippen LogP contribution in [0.4, 0.5) is 17.5 Å². The average molecular weight is 371 g/mol. The lowest BCUT2D eigenvalue weighted by Crippen LogP contribution is -2.37. The number of fused-ring (bicyclic) bond motifs is 1. The molecule has 2 aliphatic rings. The van der Waals surface area contributed by atoms with Gasteiger partial charge in [0, 0.05) is 25.8 Å². The maximum absolute atomic E-state index is 10.1. The van der Waals surface area contributed by atoms with Gasteiger partial charge in [-0.05, 0) is 32.4 Å². The number of aliphatic hydroxyl groups is 1. The number of pyridine rings is 1. The summed E-state index contributed by atoms with van der Waals surface area (Å²) in [5, 5.41) is 10.1. The van der Waals surface area contributed by atoms with E-state index in [1.807, 2.05) is 18.3 Å². The van der Waals surface area contributed by atoms with Crippen molar-refractivity contribution in [3.63, 3.8) is 0 Å². The first-order valence-electron chi connectivity index (χ1n) is 9.28. The minimum absolute atomic E-state index is 0.173. The summed E-state index contributed by atoms with van der Waals surface area (Å²) in [5.41, 5.74) is 1.04. The van der Waals surface area contributed by atoms with Gasteiger partial charge in [-0.15, -0.1) is 0 Å². The molecule has 8 nitrogen and oxygen atoms in total. The Morgan fingerprint density at radius 1 is 1.22 bits per heavy atom. The van der Waals surface area contributed by atoms with Crippen LogP contribution in [-0.2, 0) is 11.2 Å². The number of anilines is 3. The summed E-state index contributed by atoms with van der Waals surface area (Å²) in [6.07, 6.45) is 4.38. The average Bonchev–Trinajstić information content (AvgIpc) is 3.11. The Labute approximate surface area is 158 Å². The van der Waals surface area contributed by atoms with Crippen LogP contribution >= 0.6 is 0 Å². The van der Waals surface area contributed by atoms with E-state index in [1.54, 1.807) is 20.0 Å². The van der Waals surface area contributed by atoms with Gasteiger partial charge in [0.05, 0.1) is 36.3 Å². The molecule has 4 rings (SSSR count). The highest BCUT2D eigenvalue weighted by Gasteiger charge is 2.30. The van der Waals surface area contributed by atoms with E-state index in [9.17, 15) is 5.11 Å². The van der Waals surface area contributed by atoms with Gasteiger partial charge >= 0.3 is 0 Å². The van der Waals surface area contributed by atoms with Gasteiger partial charge in [0.25, 0.3) is 0 Å². The molecule has 4 heterocycles. The highest BCUT2D eigenvalue weighted by Crippen LogP contribution is 2.38. The van der Waals surface area contributed by atoms with Gasteiger partial charge < -0.3 is 24.4 Å². The molecule has 0 spiro atoms. The number of ether oxygens (including phenoxy) is 2. The summed E-state index contributed by atoms with van der Waals surface area (Å²) in [7, 11) is 0. The molecule has 0 saturated carbocycles. The second-order valence-corrected chi connectivity index (χ2v) is 7.44. The molecule has 0 radical (unpaired) electrons. The predicted octanol–water partition coefficient (Wildman–Crippen LogP) is 1.55. The van der Waals surface area contributed by atoms with Gasteiger partial charge in [0.2, 0.25) is 11.8 Å². The number of nitrogens with zero attached hydrogens (tertiary/aromatic N) is 5. The summed E-state index contributed by atoms with van der Waals surface area (Å²) in [4.78, 5) is 18.0. The van der Waals surface area contributed by atoms with Crippen molar-refractivity contribution in [2.45, 2.75) is 25.9 Å². The van der Waals surface area contributed by atoms with Gasteiger partial charge in [-0.25, -0.2) is 0 Å². The van der Waals surface area contributed by atoms with Gasteiger partial charge in [0.15, 0.2) is 0 Å². The second kappa shape index (κ2) is 7.28. The van der Waals surface area contributed by atoms with Crippen LogP contribution in [0.1, 0.15) is 19.4 Å². The summed E-state index contributed by atoms with van der Waals surface area (Å²) in [6, 6.07) is 3.94. The second-order valence-electron chi connectivity index (χ2n) is 7.44. The largest absolute Gasteiger partial charge is 0.474 e. The standard InChI is InChI=1S/C19H25N5O3/c1-19(2,25)13-27-17-15-5-7-24(14-4-3-6-20-12-14)16(15)21-18(22-17)23-8-10-26-11-9-23/h3-4,6,12,25H,5,7-11,13H2,1-2H3. The fourth-order valence-corrected chi connectivity index (χ4v) is 3.25. The van der Waals surface area contributed by atoms with E-state index < -0.39 is 5.60 Å². The van der Waals surface area contributed by atoms with E-state index in [2.05, 4.69) is 19.8 Å². The lowest BCUT2D eigenvalue weighted by molar-refractivity contribution is 0.0265. The summed E-state index contributed by atoms with van der Waals surface area (Å²) in [6.45, 7) is 7.22. The van der Waals surface area contributed by atoms with Crippen molar-refractivity contribution in [2.24, 2.45) is 0 Å². The SMILES string of the molecule is CC(C)(O)COc1nc(N2CCOCC2)nc2c1CCN2c1cccnc1. The van der Waals surface area contributed by atoms with Crippen molar-refractivity contribution >= 4 is 17.5 Å². The van der Waals surface area contributed by atoms with Crippen molar-refractivity contribution in [1.29, 1.82) is 0 Å². The Kier molecular flexibility index (Phi) is 4.84. The van der Waals surface area contributed by atoms with Crippen molar-refractivity contribution in [3.8, 4) is 5.88 Å². The Hall–Kier alpha value is -2.45. The van der Waals surface area contributed by atoms with Crippen molar-refractivity contribution in [2.75, 3.05) is 49.3 Å². The van der Waals surface area contributed by atoms with Crippen LogP contribution < -0.4 is 14.5 Å². The molecule has 0 unspecified atom stereocenters. The lowest BCUT2D eigenvalue weighted by atomic mass is 10.2. The van der Waals surface area contributed by atoms with E-state index >= 15 is 0 Å². The van der Waals surface area contributed by atoms with E-state index in [0.29, 0.717) is 25.0 Å². The molecular formula is C19H25N5O3. The molecule has 2 aromatic heterocycles. The first-order valence-corrected chi connectivity index (χ1v) is 9.28. The van der Waals surface area contributed by atoms with E-state index in [-0.39, 0.29) is 6.61 Å². The van der Waals surface area contributed by atoms with E-state index in [1.165, 1.54) is 0 Å². The summed E-state index contributed by atoms with van der Waals surface area (Å²) < 4.78 is 11.4. The zero-order chi connectivity index (χ0) is 18.9. The van der Waals surface area contributed by atoms with Gasteiger partial charge in [-0.2, -0.15) is 9.97 Å². The first kappa shape index (κ1) is 17.9. The molecular weight excluding hydrogens is 346 g/mol. The zero-order valence-electron chi connectivity index (χ0n) is 15.8. The molecule has 0 atom stereocenters. The van der Waals surface area contributed by atoms with E-state index in [4.69, 9.17) is 14.5 Å². The Bertz CT molecular complexity index is 788. The Morgan fingerprint density at radius 3 is 2.74 bits per heavy atom. The Balaban J connectivity index is 1.72. The fourth-order valence-electron chi connectivity index (χ4n) is 3.25. The van der Waals surface area contributed by atoms with Crippen LogP contribution in [0.3, 0.4) is 0 Å². The number of hydrogen-bond donors (Lipinski definition) is 1. The molecule has 144 valence electrons. The highest BCUT2D eigenvalue weighted by atomic mass is 16.5. The third kappa shape index (κ3) is 3.96. The topological polar surface area (TPSA) is 83.8 Å². The molecule has 2 aliphatic heterocycles. The van der Waals surface area contributed by atoms with Gasteiger partial charge in [-0.3, -0.25) is 4.98 Å². The van der Waals surface area contributed by atoms with Crippen LogP contribution in [0.15, 0.2) is 24.5 Å². The van der Waals surface area contributed by atoms with Crippen LogP contribution in [-0.4, -0.2) is 65.1 Å². The highest BCUT2D eigenvalue weighted by molar-refractivity contribution is 5.69. The van der Waals surface area contributed by atoms with Crippen LogP contribution in [0.2, 0.25) is 0 Å². The zero-order valence-corrected chi connectivity index (χ0v) is 15.8. The third-order valence-electron chi connectivity index (χ3n) is 4.59. The number of hydrogen-bond acceptors (Lipinski definition) is 8. The van der Waals surface area contributed by atoms with Crippen LogP contribution in [0.25, 0.3) is 0 Å². The maximum Gasteiger partial charge on any atom is 0.230 e. The maximum atomic E-state index is 10.1. The predicted molar refractivity (Wildman–Crippen MR) is 102 cm³/mol. The monoisotopic (exact) mass is 371 g/mol. The molecule has 1 N–H and O–H groups in total. The number of aromatic nitrogens is 3. The Morgan fingerprint density at radius 2 is 2.04 bits per heavy atom. The normalized spacial score (nSPS) is 17.1. The molecule has 27 heavy (non-hydrogen) atoms. The smallest absolute Gasteiger partial charge is 0.230 e. The molecule has 0 bridgehead atoms. The molecule has 0 amide bonds. The molecule has 2 aromatic rings. The van der Waals surface area contributed by atoms with Gasteiger partial charge in [-0.1, -0.05) is 0 Å². The molecule has 8 heteroatoms. The van der Waals surface area contributed by atoms with Crippen molar-refractivity contribution < 1.29 is 14.6 Å². The van der Waals surface area contributed by atoms with Gasteiger partial charge in [0.1, 0.15) is 12.4 Å². The molecule has 1 saturated heterocycles. The van der Waals surface area contributed by atoms with E-state index in [0.717, 1.165) is 43.1 Å². The minimum atomic E-state index is -0.932. The molecule has 1 fully saturated rings. The molecule has 0 aliphatic carbocycles. The summed E-state index contributed by atoms with van der Waals surface area (Å²) in [5.74, 6) is 2.04. The first-order chi connectivity index (χ1) is 13.0. The summed E-state index contributed by atoms with van der Waals surface area (Å²) >= 11 is 0. The third-order valence-corrected chi connectivity index (χ3v) is 4.59. The number of rotatable bonds is 5. The quantitative estimate of drug-likeness (QED) is 0.848.